The molecule has 0 spiro atoms. The summed E-state index contributed by atoms with van der Waals surface area (Å²) < 4.78 is 29.6. The Kier molecular flexibility index (Phi) is 22.2. The van der Waals surface area contributed by atoms with E-state index in [2.05, 4.69) is 54.5 Å². The summed E-state index contributed by atoms with van der Waals surface area (Å²) in [6, 6.07) is 0. The van der Waals surface area contributed by atoms with Crippen molar-refractivity contribution in [3.8, 4) is 0 Å². The highest BCUT2D eigenvalue weighted by Gasteiger charge is 2.59. The second kappa shape index (κ2) is 26.9. The van der Waals surface area contributed by atoms with E-state index < -0.39 is 74.0 Å². The topological polar surface area (TPSA) is 185 Å². The van der Waals surface area contributed by atoms with Crippen LogP contribution in [0.4, 0.5) is 0 Å². The number of unbranched alkanes of at least 4 members (excludes halogenated alkanes) is 12. The van der Waals surface area contributed by atoms with Crippen molar-refractivity contribution in [2.24, 2.45) is 52.3 Å². The van der Waals surface area contributed by atoms with Crippen molar-refractivity contribution in [2.45, 2.75) is 277 Å². The third-order valence-electron chi connectivity index (χ3n) is 19.3. The van der Waals surface area contributed by atoms with Crippen molar-refractivity contribution >= 4 is 5.97 Å². The van der Waals surface area contributed by atoms with Crippen LogP contribution in [0, 0.1) is 52.3 Å². The van der Waals surface area contributed by atoms with Gasteiger partial charge in [-0.3, -0.25) is 4.79 Å². The van der Waals surface area contributed by atoms with Gasteiger partial charge in [-0.05, 0) is 116 Å². The Morgan fingerprint density at radius 2 is 1.28 bits per heavy atom. The highest BCUT2D eigenvalue weighted by Crippen LogP contribution is 2.67. The molecule has 0 aromatic heterocycles. The maximum atomic E-state index is 12.6. The highest BCUT2D eigenvalue weighted by atomic mass is 16.7. The van der Waals surface area contributed by atoms with Gasteiger partial charge in [-0.15, -0.1) is 0 Å². The minimum absolute atomic E-state index is 0.0959. The van der Waals surface area contributed by atoms with Crippen LogP contribution < -0.4 is 0 Å². The molecule has 3 saturated carbocycles. The first-order valence-electron chi connectivity index (χ1n) is 28.5. The van der Waals surface area contributed by atoms with Gasteiger partial charge in [0.1, 0.15) is 55.4 Å². The average Bonchev–Trinajstić information content (AvgIpc) is 3.69. The SMILES string of the molecule is CCCCCCCCCCCCCCCC(=O)OC[C@H]1O[C@@H](OC[C@H]2O[C@@H](O[C@H]3CC[C@@]4(C)C(=CC[C@H]5[C@@H]6CC[C@H]([C@H](C)CC[C@@H](CC)C(C)C)[C@@]6(C)CC[C@@H]54)C3)[C@H](O)[C@@H](O)[C@@H]2O)[C@H](O)[C@@H](O)[C@@H]1O. The lowest BCUT2D eigenvalue weighted by molar-refractivity contribution is -0.336. The molecule has 69 heavy (non-hydrogen) atoms. The van der Waals surface area contributed by atoms with Gasteiger partial charge in [0.15, 0.2) is 12.6 Å². The van der Waals surface area contributed by atoms with Gasteiger partial charge in [-0.2, -0.15) is 0 Å². The fraction of sp³-hybridized carbons (Fsp3) is 0.947. The number of ether oxygens (including phenoxy) is 5. The molecule has 19 atom stereocenters. The molecule has 2 aliphatic heterocycles. The fourth-order valence-corrected chi connectivity index (χ4v) is 14.7. The van der Waals surface area contributed by atoms with Crippen LogP contribution in [-0.4, -0.2) is 117 Å². The van der Waals surface area contributed by atoms with Crippen molar-refractivity contribution in [2.75, 3.05) is 13.2 Å². The lowest BCUT2D eigenvalue weighted by Gasteiger charge is -2.58. The summed E-state index contributed by atoms with van der Waals surface area (Å²) in [5.41, 5.74) is 1.94. The third-order valence-corrected chi connectivity index (χ3v) is 19.3. The summed E-state index contributed by atoms with van der Waals surface area (Å²) in [6.45, 7) is 16.3. The molecule has 400 valence electrons. The molecule has 12 nitrogen and oxygen atoms in total. The molecule has 6 rings (SSSR count). The Bertz CT molecular complexity index is 1560. The van der Waals surface area contributed by atoms with Crippen LogP contribution in [0.3, 0.4) is 0 Å². The number of rotatable bonds is 27. The molecule has 6 N–H and O–H groups in total. The van der Waals surface area contributed by atoms with Gasteiger partial charge in [-0.1, -0.05) is 150 Å². The van der Waals surface area contributed by atoms with Gasteiger partial charge < -0.3 is 54.3 Å². The van der Waals surface area contributed by atoms with E-state index in [1.807, 2.05) is 0 Å². The lowest BCUT2D eigenvalue weighted by atomic mass is 9.47. The maximum Gasteiger partial charge on any atom is 0.305 e. The molecule has 2 heterocycles. The fourth-order valence-electron chi connectivity index (χ4n) is 14.7. The van der Waals surface area contributed by atoms with Gasteiger partial charge in [-0.25, -0.2) is 0 Å². The molecule has 2 saturated heterocycles. The first-order valence-corrected chi connectivity index (χ1v) is 28.5. The quantitative estimate of drug-likeness (QED) is 0.0261. The van der Waals surface area contributed by atoms with Crippen LogP contribution in [-0.2, 0) is 28.5 Å². The Labute approximate surface area is 417 Å². The van der Waals surface area contributed by atoms with E-state index in [1.165, 1.54) is 108 Å². The molecular formula is C57H100O12. The van der Waals surface area contributed by atoms with Crippen LogP contribution in [0.25, 0.3) is 0 Å². The highest BCUT2D eigenvalue weighted by molar-refractivity contribution is 5.69. The third kappa shape index (κ3) is 14.2. The van der Waals surface area contributed by atoms with Gasteiger partial charge in [0, 0.05) is 6.42 Å². The molecule has 0 radical (unpaired) electrons. The van der Waals surface area contributed by atoms with Crippen molar-refractivity contribution < 1.29 is 59.1 Å². The van der Waals surface area contributed by atoms with Crippen LogP contribution in [0.1, 0.15) is 209 Å². The molecule has 0 amide bonds. The number of aliphatic hydroxyl groups excluding tert-OH is 6. The van der Waals surface area contributed by atoms with Crippen LogP contribution in [0.2, 0.25) is 0 Å². The van der Waals surface area contributed by atoms with Crippen LogP contribution in [0.15, 0.2) is 11.6 Å². The smallest absolute Gasteiger partial charge is 0.305 e. The molecule has 6 aliphatic rings. The molecule has 0 unspecified atom stereocenters. The van der Waals surface area contributed by atoms with Gasteiger partial charge >= 0.3 is 5.97 Å². The van der Waals surface area contributed by atoms with Gasteiger partial charge in [0.2, 0.25) is 0 Å². The van der Waals surface area contributed by atoms with Gasteiger partial charge in [0.25, 0.3) is 0 Å². The number of esters is 1. The Morgan fingerprint density at radius 1 is 0.681 bits per heavy atom. The van der Waals surface area contributed by atoms with E-state index in [4.69, 9.17) is 23.7 Å². The molecule has 12 heteroatoms. The zero-order valence-electron chi connectivity index (χ0n) is 44.2. The average molecular weight is 977 g/mol. The van der Waals surface area contributed by atoms with Crippen LogP contribution >= 0.6 is 0 Å². The first kappa shape index (κ1) is 57.1. The molecule has 4 aliphatic carbocycles. The second-order valence-electron chi connectivity index (χ2n) is 24.0. The summed E-state index contributed by atoms with van der Waals surface area (Å²) in [6.07, 6.45) is 16.3. The number of fused-ring (bicyclic) bond motifs is 5. The van der Waals surface area contributed by atoms with E-state index >= 15 is 0 Å². The monoisotopic (exact) mass is 977 g/mol. The molecule has 0 aromatic rings. The Morgan fingerprint density at radius 3 is 1.90 bits per heavy atom. The van der Waals surface area contributed by atoms with Crippen molar-refractivity contribution in [1.29, 1.82) is 0 Å². The predicted molar refractivity (Wildman–Crippen MR) is 268 cm³/mol. The predicted octanol–water partition coefficient (Wildman–Crippen LogP) is 9.71. The van der Waals surface area contributed by atoms with Crippen molar-refractivity contribution in [3.63, 3.8) is 0 Å². The molecule has 0 aromatic carbocycles. The van der Waals surface area contributed by atoms with E-state index in [0.717, 1.165) is 74.5 Å². The summed E-state index contributed by atoms with van der Waals surface area (Å²) >= 11 is 0. The minimum atomic E-state index is -1.66. The van der Waals surface area contributed by atoms with Crippen molar-refractivity contribution in [3.05, 3.63) is 11.6 Å². The standard InChI is InChI=1S/C57H100O12/c1-8-10-11-12-13-14-15-16-17-18-19-20-21-22-47(58)65-34-45-48(59)50(61)52(63)54(68-45)66-35-46-49(60)51(62)53(64)55(69-46)67-40-29-31-56(6)39(33-40)25-26-41-43-28-27-42(57(43,7)32-30-44(41)56)37(5)23-24-38(9-2)36(3)4/h25,36-38,40-46,48-55,59-64H,8-24,26-35H2,1-7H3/t37-,38-,40+,41+,42-,43+,44+,45-,46-,48-,49-,50+,51+,52-,53-,54-,55-,56+,57-/m1/s1. The number of allylic oxidation sites excluding steroid dienone is 1. The van der Waals surface area contributed by atoms with E-state index in [0.29, 0.717) is 23.7 Å². The zero-order chi connectivity index (χ0) is 49.9. The maximum absolute atomic E-state index is 12.6. The van der Waals surface area contributed by atoms with Crippen LogP contribution in [0.5, 0.6) is 0 Å². The largest absolute Gasteiger partial charge is 0.463 e. The molecule has 0 bridgehead atoms. The zero-order valence-corrected chi connectivity index (χ0v) is 44.2. The molecular weight excluding hydrogens is 877 g/mol. The second-order valence-corrected chi connectivity index (χ2v) is 24.0. The minimum Gasteiger partial charge on any atom is -0.463 e. The summed E-state index contributed by atoms with van der Waals surface area (Å²) in [7, 11) is 0. The Balaban J connectivity index is 0.937. The Hall–Kier alpha value is -1.19. The lowest BCUT2D eigenvalue weighted by Crippen LogP contribution is -2.62. The van der Waals surface area contributed by atoms with E-state index in [9.17, 15) is 35.4 Å². The summed E-state index contributed by atoms with van der Waals surface area (Å²) in [5.74, 6) is 4.81. The number of hydrogen-bond donors (Lipinski definition) is 6. The number of aliphatic hydroxyl groups is 6. The normalized spacial score (nSPS) is 39.9. The molecule has 5 fully saturated rings. The summed E-state index contributed by atoms with van der Waals surface area (Å²) in [4.78, 5) is 12.6. The number of carbonyl (C=O) groups is 1. The van der Waals surface area contributed by atoms with E-state index in [-0.39, 0.29) is 24.5 Å². The first-order chi connectivity index (χ1) is 33.0. The van der Waals surface area contributed by atoms with Crippen molar-refractivity contribution in [1.82, 2.24) is 0 Å². The van der Waals surface area contributed by atoms with Gasteiger partial charge in [0.05, 0.1) is 12.7 Å². The van der Waals surface area contributed by atoms with E-state index in [1.54, 1.807) is 0 Å². The summed E-state index contributed by atoms with van der Waals surface area (Å²) in [5, 5.41) is 65.3. The number of hydrogen-bond acceptors (Lipinski definition) is 12. The number of carbonyl (C=O) groups excluding carboxylic acids is 1.